The van der Waals surface area contributed by atoms with Crippen LogP contribution in [0.2, 0.25) is 0 Å². The van der Waals surface area contributed by atoms with Crippen LogP contribution in [0.3, 0.4) is 0 Å². The molecule has 2 aromatic carbocycles. The molecule has 3 aromatic rings. The third-order valence-electron chi connectivity index (χ3n) is 6.88. The molecule has 0 bridgehead atoms. The summed E-state index contributed by atoms with van der Waals surface area (Å²) in [6.45, 7) is 6.28. The Kier molecular flexibility index (Phi) is 7.21. The van der Waals surface area contributed by atoms with Crippen LogP contribution in [0.25, 0.3) is 10.9 Å². The van der Waals surface area contributed by atoms with E-state index in [0.717, 1.165) is 23.6 Å². The molecule has 1 aliphatic carbocycles. The van der Waals surface area contributed by atoms with Crippen LogP contribution >= 0.6 is 0 Å². The van der Waals surface area contributed by atoms with E-state index < -0.39 is 16.2 Å². The number of fused-ring (bicyclic) bond motifs is 1. The van der Waals surface area contributed by atoms with Gasteiger partial charge in [0.25, 0.3) is 10.0 Å². The molecule has 0 radical (unpaired) electrons. The lowest BCUT2D eigenvalue weighted by Crippen LogP contribution is -2.65. The number of hydrazine groups is 1. The number of rotatable bonds is 10. The van der Waals surface area contributed by atoms with Crippen molar-refractivity contribution in [2.45, 2.75) is 37.4 Å². The molecular weight excluding hydrogens is 506 g/mol. The second kappa shape index (κ2) is 10.4. The maximum Gasteiger partial charge on any atom is 0.268 e. The van der Waals surface area contributed by atoms with Crippen LogP contribution in [0, 0.1) is 12.8 Å². The minimum atomic E-state index is -3.98. The van der Waals surface area contributed by atoms with Gasteiger partial charge in [-0.3, -0.25) is 14.8 Å². The van der Waals surface area contributed by atoms with Gasteiger partial charge in [-0.25, -0.2) is 17.4 Å². The van der Waals surface area contributed by atoms with Crippen molar-refractivity contribution < 1.29 is 23.2 Å². The first-order chi connectivity index (χ1) is 18.2. The Morgan fingerprint density at radius 3 is 2.63 bits per heavy atom. The predicted molar refractivity (Wildman–Crippen MR) is 142 cm³/mol. The molecule has 1 saturated carbocycles. The van der Waals surface area contributed by atoms with Crippen molar-refractivity contribution in [3.8, 4) is 0 Å². The number of amides is 1. The summed E-state index contributed by atoms with van der Waals surface area (Å²) < 4.78 is 28.7. The maximum atomic E-state index is 13.8. The first-order valence-electron chi connectivity index (χ1n) is 12.5. The number of aromatic nitrogens is 1. The van der Waals surface area contributed by atoms with Gasteiger partial charge < -0.3 is 10.6 Å². The van der Waals surface area contributed by atoms with Gasteiger partial charge in [-0.1, -0.05) is 47.1 Å². The van der Waals surface area contributed by atoms with Crippen molar-refractivity contribution in [3.63, 3.8) is 0 Å². The number of aryl methyl sites for hydroxylation is 1. The summed E-state index contributed by atoms with van der Waals surface area (Å²) in [5.74, 6) is -0.338. The van der Waals surface area contributed by atoms with Gasteiger partial charge in [0.1, 0.15) is 6.17 Å². The molecule has 3 N–H and O–H groups in total. The fraction of sp³-hybridized carbons (Fsp3) is 0.333. The number of benzene rings is 2. The standard InChI is InChI=1S/C27H31N5O5S/c1-3-13-30-17-25(33)29-24(32(30)35)15-28-14-20-5-4-6-22-23(27(34)19-9-10-19)16-31(26(20)22)38(36,37)21-11-7-18(2)8-12-21/h3-8,11-12,16,19,24,28,35H,1,9-10,13-15,17H2,2H3,(H,29,33)/t24-/m0/s1. The molecule has 2 fully saturated rings. The molecule has 2 aliphatic rings. The van der Waals surface area contributed by atoms with Crippen LogP contribution in [-0.2, 0) is 21.4 Å². The van der Waals surface area contributed by atoms with E-state index in [2.05, 4.69) is 17.2 Å². The lowest BCUT2D eigenvalue weighted by Gasteiger charge is -2.39. The van der Waals surface area contributed by atoms with E-state index in [1.807, 2.05) is 13.0 Å². The quantitative estimate of drug-likeness (QED) is 0.266. The normalized spacial score (nSPS) is 19.0. The lowest BCUT2D eigenvalue weighted by atomic mass is 10.0. The van der Waals surface area contributed by atoms with Gasteiger partial charge in [0, 0.05) is 42.7 Å². The van der Waals surface area contributed by atoms with Crippen LogP contribution in [0.15, 0.2) is 66.2 Å². The molecule has 11 heteroatoms. The fourth-order valence-corrected chi connectivity index (χ4v) is 6.14. The number of ketones is 1. The molecule has 1 atom stereocenters. The van der Waals surface area contributed by atoms with E-state index in [9.17, 15) is 23.2 Å². The minimum Gasteiger partial charge on any atom is -0.335 e. The summed E-state index contributed by atoms with van der Waals surface area (Å²) in [7, 11) is -3.98. The second-order valence-corrected chi connectivity index (χ2v) is 11.6. The van der Waals surface area contributed by atoms with Gasteiger partial charge in [-0.15, -0.1) is 6.58 Å². The van der Waals surface area contributed by atoms with E-state index >= 15 is 0 Å². The number of nitrogens with one attached hydrogen (secondary N) is 2. The average molecular weight is 538 g/mol. The van der Waals surface area contributed by atoms with E-state index in [1.54, 1.807) is 42.5 Å². The van der Waals surface area contributed by atoms with Crippen molar-refractivity contribution >= 4 is 32.6 Å². The van der Waals surface area contributed by atoms with Gasteiger partial charge in [-0.05, 0) is 37.5 Å². The van der Waals surface area contributed by atoms with Crippen molar-refractivity contribution in [1.82, 2.24) is 24.8 Å². The smallest absolute Gasteiger partial charge is 0.268 e. The Labute approximate surface area is 221 Å². The van der Waals surface area contributed by atoms with Crippen LogP contribution in [0.4, 0.5) is 0 Å². The zero-order valence-electron chi connectivity index (χ0n) is 21.1. The monoisotopic (exact) mass is 537 g/mol. The van der Waals surface area contributed by atoms with Gasteiger partial charge in [0.15, 0.2) is 5.78 Å². The lowest BCUT2D eigenvalue weighted by molar-refractivity contribution is -0.281. The summed E-state index contributed by atoms with van der Waals surface area (Å²) >= 11 is 0. The van der Waals surface area contributed by atoms with Crippen LogP contribution in [0.1, 0.15) is 34.3 Å². The maximum absolute atomic E-state index is 13.8. The van der Waals surface area contributed by atoms with Crippen molar-refractivity contribution in [2.24, 2.45) is 5.92 Å². The number of hydroxylamine groups is 1. The molecule has 38 heavy (non-hydrogen) atoms. The number of nitrogens with zero attached hydrogens (tertiary/aromatic N) is 3. The van der Waals surface area contributed by atoms with Crippen LogP contribution in [0.5, 0.6) is 0 Å². The highest BCUT2D eigenvalue weighted by atomic mass is 32.2. The number of para-hydroxylation sites is 1. The van der Waals surface area contributed by atoms with Gasteiger partial charge in [0.2, 0.25) is 5.91 Å². The zero-order chi connectivity index (χ0) is 27.0. The SMILES string of the molecule is C=CCN1CC(=O)N[C@H](CNCc2cccc3c(C(=O)C4CC4)cn(S(=O)(=O)c4ccc(C)cc4)c23)N1O. The Hall–Kier alpha value is -3.35. The van der Waals surface area contributed by atoms with Crippen molar-refractivity contribution in [3.05, 3.63) is 78.0 Å². The topological polar surface area (TPSA) is 124 Å². The van der Waals surface area contributed by atoms with Crippen molar-refractivity contribution in [2.75, 3.05) is 19.6 Å². The summed E-state index contributed by atoms with van der Waals surface area (Å²) in [4.78, 5) is 25.3. The van der Waals surface area contributed by atoms with Gasteiger partial charge in [-0.2, -0.15) is 0 Å². The molecule has 1 saturated heterocycles. The molecule has 5 rings (SSSR count). The van der Waals surface area contributed by atoms with Crippen LogP contribution < -0.4 is 10.6 Å². The van der Waals surface area contributed by atoms with Gasteiger partial charge in [0.05, 0.1) is 17.0 Å². The summed E-state index contributed by atoms with van der Waals surface area (Å²) in [6.07, 6.45) is 3.95. The third-order valence-corrected chi connectivity index (χ3v) is 8.56. The van der Waals surface area contributed by atoms with Crippen molar-refractivity contribution in [1.29, 1.82) is 0 Å². The second-order valence-electron chi connectivity index (χ2n) is 9.78. The number of Topliss-reactive ketones (excluding diaryl/α,β-unsaturated/α-hetero) is 1. The molecule has 2 heterocycles. The molecule has 200 valence electrons. The summed E-state index contributed by atoms with van der Waals surface area (Å²) in [6, 6.07) is 12.0. The molecule has 1 aromatic heterocycles. The molecule has 1 amide bonds. The zero-order valence-corrected chi connectivity index (χ0v) is 21.9. The predicted octanol–water partition coefficient (Wildman–Crippen LogP) is 2.42. The number of carbonyl (C=O) groups is 2. The Bertz CT molecular complexity index is 1490. The number of hydrogen-bond donors (Lipinski definition) is 3. The van der Waals surface area contributed by atoms with E-state index in [0.29, 0.717) is 28.6 Å². The largest absolute Gasteiger partial charge is 0.335 e. The minimum absolute atomic E-state index is 0.0144. The Morgan fingerprint density at radius 1 is 1.21 bits per heavy atom. The van der Waals surface area contributed by atoms with E-state index in [-0.39, 0.29) is 42.1 Å². The van der Waals surface area contributed by atoms with Gasteiger partial charge >= 0.3 is 0 Å². The molecule has 0 unspecified atom stereocenters. The first kappa shape index (κ1) is 26.3. The van der Waals surface area contributed by atoms with E-state index in [1.165, 1.54) is 15.2 Å². The molecule has 10 nitrogen and oxygen atoms in total. The number of carbonyl (C=O) groups excluding carboxylic acids is 2. The van der Waals surface area contributed by atoms with Crippen LogP contribution in [-0.4, -0.2) is 65.3 Å². The average Bonchev–Trinajstić information content (AvgIpc) is 3.66. The molecule has 0 spiro atoms. The number of hydrogen-bond acceptors (Lipinski definition) is 8. The highest BCUT2D eigenvalue weighted by Crippen LogP contribution is 2.37. The summed E-state index contributed by atoms with van der Waals surface area (Å²) in [5, 5.41) is 19.5. The highest BCUT2D eigenvalue weighted by molar-refractivity contribution is 7.90. The Morgan fingerprint density at radius 2 is 1.95 bits per heavy atom. The highest BCUT2D eigenvalue weighted by Gasteiger charge is 2.34. The Balaban J connectivity index is 1.48. The first-order valence-corrected chi connectivity index (χ1v) is 14.0. The molecular formula is C27H31N5O5S. The third kappa shape index (κ3) is 5.03. The van der Waals surface area contributed by atoms with E-state index in [4.69, 9.17) is 0 Å². The summed E-state index contributed by atoms with van der Waals surface area (Å²) in [5.41, 5.74) is 2.45. The fourth-order valence-electron chi connectivity index (χ4n) is 4.74. The molecule has 1 aliphatic heterocycles.